The topological polar surface area (TPSA) is 43.4 Å². The number of halogens is 6. The number of carbonyl (C=O) groups excluding carboxylic acids is 2. The molecule has 0 amide bonds. The summed E-state index contributed by atoms with van der Waals surface area (Å²) < 4.78 is 56.4. The van der Waals surface area contributed by atoms with E-state index in [1.807, 2.05) is 0 Å². The number of benzene rings is 2. The number of rotatable bonds is 3. The van der Waals surface area contributed by atoms with Gasteiger partial charge in [0, 0.05) is 5.02 Å². The van der Waals surface area contributed by atoms with Crippen LogP contribution in [0.5, 0.6) is 5.75 Å². The molecule has 0 saturated carbocycles. The van der Waals surface area contributed by atoms with Crippen LogP contribution in [0, 0.1) is 5.82 Å². The second kappa shape index (κ2) is 6.78. The molecule has 3 nitrogen and oxygen atoms in total. The van der Waals surface area contributed by atoms with Crippen LogP contribution in [0.3, 0.4) is 0 Å². The maximum absolute atomic E-state index is 13.7. The third kappa shape index (κ3) is 3.85. The first-order valence-electron chi connectivity index (χ1n) is 6.16. The van der Waals surface area contributed by atoms with Crippen LogP contribution >= 0.6 is 23.2 Å². The Morgan fingerprint density at radius 3 is 2.38 bits per heavy atom. The molecule has 0 unspecified atom stereocenters. The summed E-state index contributed by atoms with van der Waals surface area (Å²) in [5.41, 5.74) is -2.39. The fourth-order valence-corrected chi connectivity index (χ4v) is 2.33. The largest absolute Gasteiger partial charge is 0.420 e. The van der Waals surface area contributed by atoms with Crippen molar-refractivity contribution in [2.75, 3.05) is 0 Å². The summed E-state index contributed by atoms with van der Waals surface area (Å²) in [4.78, 5) is 23.0. The number of carbonyl (C=O) groups is 2. The molecule has 2 aromatic carbocycles. The molecular formula is C15H6Cl2F4O3. The molecule has 0 aliphatic rings. The fourth-order valence-electron chi connectivity index (χ4n) is 1.78. The number of alkyl halides is 3. The summed E-state index contributed by atoms with van der Waals surface area (Å²) in [7, 11) is 0. The van der Waals surface area contributed by atoms with E-state index in [0.29, 0.717) is 18.2 Å². The van der Waals surface area contributed by atoms with Gasteiger partial charge in [-0.3, -0.25) is 4.79 Å². The van der Waals surface area contributed by atoms with Gasteiger partial charge < -0.3 is 4.74 Å². The van der Waals surface area contributed by atoms with Gasteiger partial charge in [0.1, 0.15) is 5.82 Å². The Bertz CT molecular complexity index is 819. The molecule has 2 aromatic rings. The van der Waals surface area contributed by atoms with Gasteiger partial charge in [0.2, 0.25) is 0 Å². The van der Waals surface area contributed by atoms with Gasteiger partial charge in [-0.25, -0.2) is 9.18 Å². The van der Waals surface area contributed by atoms with Gasteiger partial charge >= 0.3 is 12.1 Å². The molecular weight excluding hydrogens is 375 g/mol. The molecule has 9 heteroatoms. The molecule has 0 spiro atoms. The number of aldehydes is 1. The van der Waals surface area contributed by atoms with Crippen LogP contribution in [0.2, 0.25) is 10.0 Å². The number of ether oxygens (including phenoxy) is 1. The summed E-state index contributed by atoms with van der Waals surface area (Å²) in [6.45, 7) is 0. The Kier molecular flexibility index (Phi) is 5.15. The minimum absolute atomic E-state index is 0.0761. The van der Waals surface area contributed by atoms with Crippen molar-refractivity contribution in [3.63, 3.8) is 0 Å². The SMILES string of the molecule is O=Cc1cc(Cl)cc(Cl)c1OC(=O)c1cc(C(F)(F)F)ccc1F. The molecule has 0 aromatic heterocycles. The third-order valence-electron chi connectivity index (χ3n) is 2.87. The van der Waals surface area contributed by atoms with Gasteiger partial charge in [-0.1, -0.05) is 23.2 Å². The lowest BCUT2D eigenvalue weighted by molar-refractivity contribution is -0.137. The molecule has 0 radical (unpaired) electrons. The zero-order valence-corrected chi connectivity index (χ0v) is 13.0. The van der Waals surface area contributed by atoms with Gasteiger partial charge in [-0.05, 0) is 30.3 Å². The Morgan fingerprint density at radius 2 is 1.79 bits per heavy atom. The highest BCUT2D eigenvalue weighted by Crippen LogP contribution is 2.33. The van der Waals surface area contributed by atoms with E-state index in [1.165, 1.54) is 0 Å². The van der Waals surface area contributed by atoms with E-state index in [0.717, 1.165) is 12.1 Å². The number of esters is 1. The average Bonchev–Trinajstić information content (AvgIpc) is 2.48. The van der Waals surface area contributed by atoms with Crippen molar-refractivity contribution >= 4 is 35.5 Å². The molecule has 0 heterocycles. The zero-order valence-electron chi connectivity index (χ0n) is 11.5. The van der Waals surface area contributed by atoms with E-state index < -0.39 is 34.8 Å². The summed E-state index contributed by atoms with van der Waals surface area (Å²) in [5, 5.41) is -0.155. The molecule has 0 bridgehead atoms. The molecule has 2 rings (SSSR count). The molecule has 0 aliphatic heterocycles. The Morgan fingerprint density at radius 1 is 1.12 bits per heavy atom. The molecule has 126 valence electrons. The van der Waals surface area contributed by atoms with Crippen molar-refractivity contribution in [3.05, 3.63) is 62.9 Å². The third-order valence-corrected chi connectivity index (χ3v) is 3.37. The highest BCUT2D eigenvalue weighted by Gasteiger charge is 2.32. The molecule has 24 heavy (non-hydrogen) atoms. The van der Waals surface area contributed by atoms with Crippen molar-refractivity contribution in [2.45, 2.75) is 6.18 Å². The van der Waals surface area contributed by atoms with Crippen LogP contribution < -0.4 is 4.74 Å². The zero-order chi connectivity index (χ0) is 18.1. The minimum Gasteiger partial charge on any atom is -0.420 e. The molecule has 0 fully saturated rings. The van der Waals surface area contributed by atoms with Crippen molar-refractivity contribution in [2.24, 2.45) is 0 Å². The first kappa shape index (κ1) is 18.2. The Labute approximate surface area is 142 Å². The average molecular weight is 381 g/mol. The monoisotopic (exact) mass is 380 g/mol. The maximum Gasteiger partial charge on any atom is 0.416 e. The van der Waals surface area contributed by atoms with Crippen molar-refractivity contribution in [1.29, 1.82) is 0 Å². The van der Waals surface area contributed by atoms with E-state index in [9.17, 15) is 27.2 Å². The second-order valence-electron chi connectivity index (χ2n) is 4.51. The first-order chi connectivity index (χ1) is 11.1. The lowest BCUT2D eigenvalue weighted by Crippen LogP contribution is -2.14. The normalized spacial score (nSPS) is 11.2. The predicted octanol–water partition coefficient (Wildman–Crippen LogP) is 5.18. The lowest BCUT2D eigenvalue weighted by Gasteiger charge is -2.11. The van der Waals surface area contributed by atoms with Crippen LogP contribution in [0.1, 0.15) is 26.3 Å². The van der Waals surface area contributed by atoms with Crippen molar-refractivity contribution in [1.82, 2.24) is 0 Å². The molecule has 0 saturated heterocycles. The minimum atomic E-state index is -4.77. The highest BCUT2D eigenvalue weighted by molar-refractivity contribution is 6.36. The van der Waals surface area contributed by atoms with Gasteiger partial charge in [-0.2, -0.15) is 13.2 Å². The van der Waals surface area contributed by atoms with Crippen LogP contribution in [0.15, 0.2) is 30.3 Å². The smallest absolute Gasteiger partial charge is 0.416 e. The van der Waals surface area contributed by atoms with Gasteiger partial charge in [0.05, 0.1) is 21.7 Å². The standard InChI is InChI=1S/C15H6Cl2F4O3/c16-9-3-7(6-22)13(11(17)5-9)24-14(23)10-4-8(15(19,20)21)1-2-12(10)18/h1-6H. The van der Waals surface area contributed by atoms with E-state index in [1.54, 1.807) is 0 Å². The number of hydrogen-bond acceptors (Lipinski definition) is 3. The quantitative estimate of drug-likeness (QED) is 0.318. The molecule has 0 N–H and O–H groups in total. The van der Waals surface area contributed by atoms with E-state index in [-0.39, 0.29) is 21.9 Å². The van der Waals surface area contributed by atoms with Crippen LogP contribution in [-0.2, 0) is 6.18 Å². The van der Waals surface area contributed by atoms with Crippen LogP contribution in [-0.4, -0.2) is 12.3 Å². The van der Waals surface area contributed by atoms with Crippen molar-refractivity contribution < 1.29 is 31.9 Å². The van der Waals surface area contributed by atoms with Gasteiger partial charge in [-0.15, -0.1) is 0 Å². The Balaban J connectivity index is 2.43. The summed E-state index contributed by atoms with van der Waals surface area (Å²) >= 11 is 11.5. The lowest BCUT2D eigenvalue weighted by atomic mass is 10.1. The van der Waals surface area contributed by atoms with Gasteiger partial charge in [0.15, 0.2) is 12.0 Å². The number of hydrogen-bond donors (Lipinski definition) is 0. The summed E-state index contributed by atoms with van der Waals surface area (Å²) in [6, 6.07) is 3.57. The summed E-state index contributed by atoms with van der Waals surface area (Å²) in [5.74, 6) is -3.09. The van der Waals surface area contributed by atoms with Gasteiger partial charge in [0.25, 0.3) is 0 Å². The highest BCUT2D eigenvalue weighted by atomic mass is 35.5. The molecule has 0 atom stereocenters. The van der Waals surface area contributed by atoms with Crippen LogP contribution in [0.25, 0.3) is 0 Å². The predicted molar refractivity (Wildman–Crippen MR) is 78.2 cm³/mol. The van der Waals surface area contributed by atoms with Crippen molar-refractivity contribution in [3.8, 4) is 5.75 Å². The second-order valence-corrected chi connectivity index (χ2v) is 5.35. The van der Waals surface area contributed by atoms with Crippen LogP contribution in [0.4, 0.5) is 17.6 Å². The van der Waals surface area contributed by atoms with E-state index in [4.69, 9.17) is 27.9 Å². The van der Waals surface area contributed by atoms with E-state index >= 15 is 0 Å². The Hall–Kier alpha value is -2.12. The van der Waals surface area contributed by atoms with E-state index in [2.05, 4.69) is 0 Å². The first-order valence-corrected chi connectivity index (χ1v) is 6.92. The fraction of sp³-hybridized carbons (Fsp3) is 0.0667. The summed E-state index contributed by atoms with van der Waals surface area (Å²) in [6.07, 6.45) is -4.49. The molecule has 0 aliphatic carbocycles. The maximum atomic E-state index is 13.7.